The van der Waals surface area contributed by atoms with Crippen molar-refractivity contribution in [3.63, 3.8) is 0 Å². The number of imidazole rings is 1. The van der Waals surface area contributed by atoms with Crippen molar-refractivity contribution < 1.29 is 22.7 Å². The van der Waals surface area contributed by atoms with E-state index < -0.39 is 10.0 Å². The topological polar surface area (TPSA) is 123 Å². The van der Waals surface area contributed by atoms with E-state index in [9.17, 15) is 13.2 Å². The van der Waals surface area contributed by atoms with Crippen molar-refractivity contribution in [1.29, 1.82) is 0 Å². The summed E-state index contributed by atoms with van der Waals surface area (Å²) in [6.45, 7) is 2.95. The van der Waals surface area contributed by atoms with E-state index in [2.05, 4.69) is 15.2 Å². The minimum atomic E-state index is -3.73. The van der Waals surface area contributed by atoms with Crippen LogP contribution >= 0.6 is 0 Å². The molecule has 0 saturated carbocycles. The van der Waals surface area contributed by atoms with Gasteiger partial charge < -0.3 is 18.9 Å². The molecule has 11 nitrogen and oxygen atoms in total. The number of sulfonamides is 1. The van der Waals surface area contributed by atoms with Crippen molar-refractivity contribution >= 4 is 15.9 Å². The average Bonchev–Trinajstić information content (AvgIpc) is 3.37. The Morgan fingerprint density at radius 2 is 1.88 bits per heavy atom. The van der Waals surface area contributed by atoms with Crippen molar-refractivity contribution in [2.45, 2.75) is 18.4 Å². The summed E-state index contributed by atoms with van der Waals surface area (Å²) in [5.74, 6) is 1.62. The first-order valence-corrected chi connectivity index (χ1v) is 12.3. The zero-order valence-electron chi connectivity index (χ0n) is 19.6. The monoisotopic (exact) mass is 488 g/mol. The van der Waals surface area contributed by atoms with Crippen LogP contribution in [0.1, 0.15) is 22.7 Å². The summed E-state index contributed by atoms with van der Waals surface area (Å²) in [6, 6.07) is 7.01. The molecule has 182 valence electrons. The Balaban J connectivity index is 1.50. The van der Waals surface area contributed by atoms with Crippen LogP contribution in [-0.4, -0.2) is 83.7 Å². The maximum absolute atomic E-state index is 13.2. The third-order valence-corrected chi connectivity index (χ3v) is 7.69. The molecule has 0 atom stereocenters. The molecule has 12 heteroatoms. The molecule has 1 aliphatic rings. The van der Waals surface area contributed by atoms with Gasteiger partial charge in [-0.25, -0.2) is 13.4 Å². The number of aryl methyl sites for hydroxylation is 2. The number of amides is 1. The molecular weight excluding hydrogens is 460 g/mol. The molecule has 3 heterocycles. The second-order valence-corrected chi connectivity index (χ2v) is 9.90. The summed E-state index contributed by atoms with van der Waals surface area (Å²) < 4.78 is 39.8. The van der Waals surface area contributed by atoms with Crippen LogP contribution in [-0.2, 0) is 17.1 Å². The Morgan fingerprint density at radius 1 is 1.09 bits per heavy atom. The highest BCUT2D eigenvalue weighted by Crippen LogP contribution is 2.32. The zero-order chi connectivity index (χ0) is 24.5. The van der Waals surface area contributed by atoms with Crippen LogP contribution in [0.2, 0.25) is 0 Å². The summed E-state index contributed by atoms with van der Waals surface area (Å²) in [6.07, 6.45) is 2.03. The molecule has 0 unspecified atom stereocenters. The fraction of sp³-hybridized carbons (Fsp3) is 0.409. The Kier molecular flexibility index (Phi) is 6.62. The lowest BCUT2D eigenvalue weighted by Crippen LogP contribution is -2.37. The number of methoxy groups -OCH3 is 2. The predicted octanol–water partition coefficient (Wildman–Crippen LogP) is 1.67. The lowest BCUT2D eigenvalue weighted by atomic mass is 10.1. The van der Waals surface area contributed by atoms with Crippen LogP contribution < -0.4 is 9.47 Å². The van der Waals surface area contributed by atoms with Gasteiger partial charge >= 0.3 is 0 Å². The molecule has 1 saturated heterocycles. The van der Waals surface area contributed by atoms with Gasteiger partial charge in [-0.1, -0.05) is 0 Å². The van der Waals surface area contributed by atoms with Crippen molar-refractivity contribution in [2.24, 2.45) is 7.05 Å². The zero-order valence-corrected chi connectivity index (χ0v) is 20.4. The number of carbonyl (C=O) groups excluding carboxylic acids is 1. The predicted molar refractivity (Wildman–Crippen MR) is 124 cm³/mol. The molecular formula is C22H28N6O5S. The van der Waals surface area contributed by atoms with Gasteiger partial charge in [0.05, 0.1) is 19.9 Å². The molecule has 0 bridgehead atoms. The summed E-state index contributed by atoms with van der Waals surface area (Å²) in [4.78, 5) is 19.0. The number of aromatic amines is 1. The highest BCUT2D eigenvalue weighted by Gasteiger charge is 2.31. The Morgan fingerprint density at radius 3 is 2.56 bits per heavy atom. The molecule has 2 aromatic heterocycles. The standard InChI is InChI=1S/C22H28N6O5S/c1-15-23-21(14-26(15)2)34(30,31)28-9-5-8-27(10-11-28)22(29)19-13-18(24-25-19)17-12-16(32-3)6-7-20(17)33-4/h6-7,12-14H,5,8-11H2,1-4H3,(H,24,25). The van der Waals surface area contributed by atoms with Gasteiger partial charge in [0.2, 0.25) is 0 Å². The fourth-order valence-corrected chi connectivity index (χ4v) is 5.37. The van der Waals surface area contributed by atoms with Crippen molar-refractivity contribution in [1.82, 2.24) is 29.0 Å². The molecule has 3 aromatic rings. The number of benzene rings is 1. The van der Waals surface area contributed by atoms with Crippen LogP contribution in [0.15, 0.2) is 35.5 Å². The van der Waals surface area contributed by atoms with Crippen molar-refractivity contribution in [2.75, 3.05) is 40.4 Å². The van der Waals surface area contributed by atoms with Gasteiger partial charge in [0.25, 0.3) is 15.9 Å². The number of hydrogen-bond donors (Lipinski definition) is 1. The lowest BCUT2D eigenvalue weighted by molar-refractivity contribution is 0.0758. The van der Waals surface area contributed by atoms with Crippen LogP contribution in [0.3, 0.4) is 0 Å². The van der Waals surface area contributed by atoms with E-state index in [0.717, 1.165) is 0 Å². The first-order valence-electron chi connectivity index (χ1n) is 10.8. The maximum atomic E-state index is 13.2. The third kappa shape index (κ3) is 4.50. The van der Waals surface area contributed by atoms with Crippen LogP contribution in [0.25, 0.3) is 11.3 Å². The van der Waals surface area contributed by atoms with Gasteiger partial charge in [0, 0.05) is 45.0 Å². The largest absolute Gasteiger partial charge is 0.497 e. The normalized spacial score (nSPS) is 15.2. The summed E-state index contributed by atoms with van der Waals surface area (Å²) in [5.41, 5.74) is 1.55. The number of aromatic nitrogens is 4. The van der Waals surface area contributed by atoms with Gasteiger partial charge in [-0.2, -0.15) is 9.40 Å². The Hall–Kier alpha value is -3.38. The summed E-state index contributed by atoms with van der Waals surface area (Å²) >= 11 is 0. The van der Waals surface area contributed by atoms with E-state index in [1.54, 1.807) is 61.9 Å². The average molecular weight is 489 g/mol. The van der Waals surface area contributed by atoms with E-state index in [1.165, 1.54) is 10.5 Å². The van der Waals surface area contributed by atoms with Crippen molar-refractivity contribution in [3.05, 3.63) is 42.0 Å². The molecule has 1 fully saturated rings. The highest BCUT2D eigenvalue weighted by molar-refractivity contribution is 7.89. The number of ether oxygens (including phenoxy) is 2. The molecule has 1 N–H and O–H groups in total. The fourth-order valence-electron chi connectivity index (χ4n) is 3.87. The van der Waals surface area contributed by atoms with Gasteiger partial charge in [0.15, 0.2) is 5.03 Å². The number of hydrogen-bond acceptors (Lipinski definition) is 7. The van der Waals surface area contributed by atoms with Crippen LogP contribution in [0.4, 0.5) is 0 Å². The molecule has 0 aliphatic carbocycles. The molecule has 34 heavy (non-hydrogen) atoms. The number of rotatable bonds is 6. The number of H-pyrrole nitrogens is 1. The molecule has 1 amide bonds. The summed E-state index contributed by atoms with van der Waals surface area (Å²) in [5, 5.41) is 7.12. The Bertz CT molecular complexity index is 1280. The number of carbonyl (C=O) groups is 1. The maximum Gasteiger partial charge on any atom is 0.271 e. The van der Waals surface area contributed by atoms with E-state index >= 15 is 0 Å². The SMILES string of the molecule is COc1ccc(OC)c(-c2cc(C(=O)N3CCCN(S(=O)(=O)c4cn(C)c(C)n4)CC3)[nH]n2)c1. The first kappa shape index (κ1) is 23.8. The number of nitrogens with zero attached hydrogens (tertiary/aromatic N) is 5. The van der Waals surface area contributed by atoms with Gasteiger partial charge in [-0.05, 0) is 37.6 Å². The molecule has 0 spiro atoms. The van der Waals surface area contributed by atoms with Crippen molar-refractivity contribution in [3.8, 4) is 22.8 Å². The van der Waals surface area contributed by atoms with Gasteiger partial charge in [-0.3, -0.25) is 9.89 Å². The number of nitrogens with one attached hydrogen (secondary N) is 1. The second kappa shape index (κ2) is 9.47. The van der Waals surface area contributed by atoms with E-state index in [4.69, 9.17) is 9.47 Å². The highest BCUT2D eigenvalue weighted by atomic mass is 32.2. The molecule has 1 aromatic carbocycles. The second-order valence-electron chi connectivity index (χ2n) is 8.02. The van der Waals surface area contributed by atoms with Crippen LogP contribution in [0.5, 0.6) is 11.5 Å². The first-order chi connectivity index (χ1) is 16.2. The molecule has 1 aliphatic heterocycles. The van der Waals surface area contributed by atoms with E-state index in [0.29, 0.717) is 53.8 Å². The summed E-state index contributed by atoms with van der Waals surface area (Å²) in [7, 11) is 1.16. The van der Waals surface area contributed by atoms with Gasteiger partial charge in [0.1, 0.15) is 23.0 Å². The minimum Gasteiger partial charge on any atom is -0.497 e. The smallest absolute Gasteiger partial charge is 0.271 e. The minimum absolute atomic E-state index is 0.0257. The van der Waals surface area contributed by atoms with Gasteiger partial charge in [-0.15, -0.1) is 0 Å². The molecule has 0 radical (unpaired) electrons. The quantitative estimate of drug-likeness (QED) is 0.560. The van der Waals surface area contributed by atoms with E-state index in [-0.39, 0.29) is 24.0 Å². The Labute approximate surface area is 198 Å². The third-order valence-electron chi connectivity index (χ3n) is 5.92. The van der Waals surface area contributed by atoms with Crippen LogP contribution in [0, 0.1) is 6.92 Å². The molecule has 4 rings (SSSR count). The van der Waals surface area contributed by atoms with E-state index in [1.807, 2.05) is 0 Å². The lowest BCUT2D eigenvalue weighted by Gasteiger charge is -2.20.